The van der Waals surface area contributed by atoms with Gasteiger partial charge >= 0.3 is 0 Å². The number of amides is 1. The van der Waals surface area contributed by atoms with E-state index in [-0.39, 0.29) is 12.0 Å². The van der Waals surface area contributed by atoms with Gasteiger partial charge in [-0.2, -0.15) is 0 Å². The number of nitrogens with zero attached hydrogens (tertiary/aromatic N) is 2. The molecule has 1 saturated heterocycles. The molecule has 3 aromatic rings. The van der Waals surface area contributed by atoms with Crippen LogP contribution in [0.4, 0.5) is 5.69 Å². The summed E-state index contributed by atoms with van der Waals surface area (Å²) in [7, 11) is 0. The molecule has 6 nitrogen and oxygen atoms in total. The Kier molecular flexibility index (Phi) is 5.35. The van der Waals surface area contributed by atoms with Crippen molar-refractivity contribution >= 4 is 34.2 Å². The second-order valence-electron chi connectivity index (χ2n) is 7.11. The van der Waals surface area contributed by atoms with Gasteiger partial charge in [0.15, 0.2) is 0 Å². The number of hydrogen-bond donors (Lipinski definition) is 2. The summed E-state index contributed by atoms with van der Waals surface area (Å²) in [6.45, 7) is 3.20. The predicted octanol–water partition coefficient (Wildman–Crippen LogP) is 3.49. The summed E-state index contributed by atoms with van der Waals surface area (Å²) in [5, 5.41) is 3.53. The molecule has 2 unspecified atom stereocenters. The van der Waals surface area contributed by atoms with Gasteiger partial charge in [-0.25, -0.2) is 4.98 Å². The third-order valence-electron chi connectivity index (χ3n) is 5.16. The number of halogens is 1. The summed E-state index contributed by atoms with van der Waals surface area (Å²) in [6, 6.07) is 12.8. The summed E-state index contributed by atoms with van der Waals surface area (Å²) in [5.74, 6) is 0.663. The van der Waals surface area contributed by atoms with Crippen molar-refractivity contribution in [2.24, 2.45) is 5.73 Å². The molecular weight excluding hydrogens is 376 g/mol. The number of anilines is 1. The Bertz CT molecular complexity index is 1010. The summed E-state index contributed by atoms with van der Waals surface area (Å²) >= 11 is 6.43. The highest BCUT2D eigenvalue weighted by Crippen LogP contribution is 2.25. The van der Waals surface area contributed by atoms with E-state index in [4.69, 9.17) is 22.1 Å². The number of benzene rings is 2. The molecule has 7 heteroatoms. The van der Waals surface area contributed by atoms with E-state index >= 15 is 0 Å². The molecule has 0 aliphatic carbocycles. The second-order valence-corrected chi connectivity index (χ2v) is 7.51. The number of para-hydroxylation sites is 2. The molecule has 2 aromatic carbocycles. The van der Waals surface area contributed by atoms with Crippen molar-refractivity contribution in [2.75, 3.05) is 11.9 Å². The number of carbonyl (C=O) groups is 1. The molecule has 28 heavy (non-hydrogen) atoms. The predicted molar refractivity (Wildman–Crippen MR) is 111 cm³/mol. The van der Waals surface area contributed by atoms with Crippen LogP contribution in [0.2, 0.25) is 5.02 Å². The molecule has 1 aliphatic rings. The molecule has 1 aliphatic heterocycles. The number of imidazole rings is 1. The molecular formula is C21H23ClN4O2. The Labute approximate surface area is 168 Å². The van der Waals surface area contributed by atoms with E-state index in [9.17, 15) is 4.79 Å². The highest BCUT2D eigenvalue weighted by atomic mass is 35.5. The standard InChI is InChI=1S/C21H23ClN4O2/c1-13-24-17-5-2-3-6-18(17)26(13)12-14-11-15(8-9-16(14)22)25-21(27)20(23)19-7-4-10-28-19/h2-3,5-6,8-9,11,19-20H,4,7,10,12,23H2,1H3,(H,25,27). The highest BCUT2D eigenvalue weighted by molar-refractivity contribution is 6.31. The quantitative estimate of drug-likeness (QED) is 0.689. The lowest BCUT2D eigenvalue weighted by Crippen LogP contribution is -2.44. The monoisotopic (exact) mass is 398 g/mol. The van der Waals surface area contributed by atoms with Crippen molar-refractivity contribution < 1.29 is 9.53 Å². The first-order valence-electron chi connectivity index (χ1n) is 9.41. The zero-order valence-electron chi connectivity index (χ0n) is 15.7. The molecule has 1 amide bonds. The van der Waals surface area contributed by atoms with Gasteiger partial charge in [0, 0.05) is 17.3 Å². The third kappa shape index (κ3) is 3.76. The van der Waals surface area contributed by atoms with Gasteiger partial charge in [0.2, 0.25) is 5.91 Å². The number of carbonyl (C=O) groups excluding carboxylic acids is 1. The molecule has 0 spiro atoms. The highest BCUT2D eigenvalue weighted by Gasteiger charge is 2.28. The van der Waals surface area contributed by atoms with Gasteiger partial charge in [0.05, 0.1) is 23.7 Å². The minimum absolute atomic E-state index is 0.216. The first kappa shape index (κ1) is 18.9. The molecule has 3 N–H and O–H groups in total. The van der Waals surface area contributed by atoms with Crippen LogP contribution in [0.3, 0.4) is 0 Å². The van der Waals surface area contributed by atoms with Gasteiger partial charge < -0.3 is 20.4 Å². The summed E-state index contributed by atoms with van der Waals surface area (Å²) in [6.07, 6.45) is 1.54. The molecule has 1 fully saturated rings. The van der Waals surface area contributed by atoms with Crippen LogP contribution in [0.15, 0.2) is 42.5 Å². The van der Waals surface area contributed by atoms with Crippen LogP contribution in [-0.4, -0.2) is 34.2 Å². The van der Waals surface area contributed by atoms with E-state index in [1.165, 1.54) is 0 Å². The number of aryl methyl sites for hydroxylation is 1. The molecule has 1 aromatic heterocycles. The number of fused-ring (bicyclic) bond motifs is 1. The normalized spacial score (nSPS) is 17.8. The third-order valence-corrected chi connectivity index (χ3v) is 5.52. The SMILES string of the molecule is Cc1nc2ccccc2n1Cc1cc(NC(=O)C(N)C2CCCO2)ccc1Cl. The van der Waals surface area contributed by atoms with Crippen molar-refractivity contribution in [3.8, 4) is 0 Å². The van der Waals surface area contributed by atoms with Gasteiger partial charge in [0.25, 0.3) is 0 Å². The Morgan fingerprint density at radius 3 is 3.00 bits per heavy atom. The lowest BCUT2D eigenvalue weighted by molar-refractivity contribution is -0.119. The second kappa shape index (κ2) is 7.91. The average molecular weight is 399 g/mol. The number of nitrogens with two attached hydrogens (primary N) is 1. The van der Waals surface area contributed by atoms with Crippen LogP contribution in [0.5, 0.6) is 0 Å². The van der Waals surface area contributed by atoms with Crippen molar-refractivity contribution in [3.63, 3.8) is 0 Å². The Balaban J connectivity index is 1.55. The van der Waals surface area contributed by atoms with Crippen LogP contribution < -0.4 is 11.1 Å². The van der Waals surface area contributed by atoms with Crippen molar-refractivity contribution in [2.45, 2.75) is 38.5 Å². The smallest absolute Gasteiger partial charge is 0.243 e. The molecule has 0 bridgehead atoms. The maximum atomic E-state index is 12.5. The van der Waals surface area contributed by atoms with Crippen molar-refractivity contribution in [1.82, 2.24) is 9.55 Å². The van der Waals surface area contributed by atoms with E-state index in [0.717, 1.165) is 35.3 Å². The Morgan fingerprint density at radius 2 is 2.21 bits per heavy atom. The van der Waals surface area contributed by atoms with E-state index in [0.29, 0.717) is 23.9 Å². The molecule has 0 saturated carbocycles. The average Bonchev–Trinajstić information content (AvgIpc) is 3.32. The Hall–Kier alpha value is -2.41. The number of hydrogen-bond acceptors (Lipinski definition) is 4. The largest absolute Gasteiger partial charge is 0.376 e. The van der Waals surface area contributed by atoms with E-state index in [1.54, 1.807) is 12.1 Å². The maximum Gasteiger partial charge on any atom is 0.243 e. The molecule has 146 valence electrons. The van der Waals surface area contributed by atoms with Crippen LogP contribution in [0.25, 0.3) is 11.0 Å². The number of nitrogens with one attached hydrogen (secondary N) is 1. The van der Waals surface area contributed by atoms with E-state index in [2.05, 4.69) is 14.9 Å². The van der Waals surface area contributed by atoms with Gasteiger partial charge in [-0.05, 0) is 55.7 Å². The fraction of sp³-hybridized carbons (Fsp3) is 0.333. The molecule has 0 radical (unpaired) electrons. The topological polar surface area (TPSA) is 82.2 Å². The van der Waals surface area contributed by atoms with E-state index in [1.807, 2.05) is 37.3 Å². The fourth-order valence-corrected chi connectivity index (χ4v) is 3.80. The van der Waals surface area contributed by atoms with Crippen LogP contribution in [-0.2, 0) is 16.1 Å². The molecule has 2 heterocycles. The van der Waals surface area contributed by atoms with Crippen molar-refractivity contribution in [1.29, 1.82) is 0 Å². The maximum absolute atomic E-state index is 12.5. The zero-order valence-corrected chi connectivity index (χ0v) is 16.4. The van der Waals surface area contributed by atoms with Gasteiger partial charge in [-0.3, -0.25) is 4.79 Å². The van der Waals surface area contributed by atoms with Gasteiger partial charge in [-0.1, -0.05) is 23.7 Å². The minimum Gasteiger partial charge on any atom is -0.376 e. The van der Waals surface area contributed by atoms with E-state index < -0.39 is 6.04 Å². The zero-order chi connectivity index (χ0) is 19.7. The number of aromatic nitrogens is 2. The van der Waals surface area contributed by atoms with Crippen molar-refractivity contribution in [3.05, 3.63) is 58.9 Å². The minimum atomic E-state index is -0.679. The summed E-state index contributed by atoms with van der Waals surface area (Å²) in [4.78, 5) is 17.1. The summed E-state index contributed by atoms with van der Waals surface area (Å²) in [5.41, 5.74) is 9.62. The molecule has 2 atom stereocenters. The Morgan fingerprint density at radius 1 is 1.39 bits per heavy atom. The number of ether oxygens (including phenoxy) is 1. The molecule has 4 rings (SSSR count). The lowest BCUT2D eigenvalue weighted by Gasteiger charge is -2.18. The van der Waals surface area contributed by atoms with Crippen LogP contribution in [0, 0.1) is 6.92 Å². The van der Waals surface area contributed by atoms with Crippen LogP contribution >= 0.6 is 11.6 Å². The number of rotatable bonds is 5. The van der Waals surface area contributed by atoms with Crippen LogP contribution in [0.1, 0.15) is 24.2 Å². The van der Waals surface area contributed by atoms with Gasteiger partial charge in [0.1, 0.15) is 11.9 Å². The first-order chi connectivity index (χ1) is 13.5. The summed E-state index contributed by atoms with van der Waals surface area (Å²) < 4.78 is 7.63. The first-order valence-corrected chi connectivity index (χ1v) is 9.79. The lowest BCUT2D eigenvalue weighted by atomic mass is 10.1. The fourth-order valence-electron chi connectivity index (χ4n) is 3.62. The van der Waals surface area contributed by atoms with Gasteiger partial charge in [-0.15, -0.1) is 0 Å².